The lowest BCUT2D eigenvalue weighted by Crippen LogP contribution is -2.23. The molecule has 3 aromatic rings. The van der Waals surface area contributed by atoms with Crippen molar-refractivity contribution in [2.45, 2.75) is 18.6 Å². The Labute approximate surface area is 173 Å². The highest BCUT2D eigenvalue weighted by molar-refractivity contribution is 8.04. The van der Waals surface area contributed by atoms with Gasteiger partial charge in [-0.2, -0.15) is 0 Å². The first-order valence-corrected chi connectivity index (χ1v) is 9.70. The minimum Gasteiger partial charge on any atom is -0.544 e. The normalized spacial score (nSPS) is 11.3. The van der Waals surface area contributed by atoms with E-state index in [1.54, 1.807) is 26.4 Å². The molecule has 29 heavy (non-hydrogen) atoms. The van der Waals surface area contributed by atoms with Crippen molar-refractivity contribution in [2.75, 3.05) is 14.2 Å². The summed E-state index contributed by atoms with van der Waals surface area (Å²) < 4.78 is 12.5. The lowest BCUT2D eigenvalue weighted by Gasteiger charge is -2.12. The molecule has 7 nitrogen and oxygen atoms in total. The molecule has 0 aliphatic carbocycles. The maximum Gasteiger partial charge on any atom is 0.196 e. The molecule has 0 aliphatic heterocycles. The molecule has 1 heterocycles. The Hall–Kier alpha value is -3.26. The van der Waals surface area contributed by atoms with E-state index in [1.807, 2.05) is 54.0 Å². The van der Waals surface area contributed by atoms with E-state index in [4.69, 9.17) is 9.47 Å². The number of benzene rings is 2. The minimum absolute atomic E-state index is 0.0491. The van der Waals surface area contributed by atoms with Gasteiger partial charge in [0.05, 0.1) is 20.2 Å². The van der Waals surface area contributed by atoms with E-state index in [-0.39, 0.29) is 4.91 Å². The van der Waals surface area contributed by atoms with E-state index in [1.165, 1.54) is 0 Å². The average molecular weight is 410 g/mol. The molecule has 0 amide bonds. The average Bonchev–Trinajstić information content (AvgIpc) is 3.16. The largest absolute Gasteiger partial charge is 0.544 e. The molecule has 0 fully saturated rings. The first kappa shape index (κ1) is 20.5. The van der Waals surface area contributed by atoms with Crippen molar-refractivity contribution >= 4 is 23.8 Å². The Morgan fingerprint density at radius 2 is 1.76 bits per heavy atom. The number of carbonyl (C=O) groups excluding carboxylic acids is 1. The van der Waals surface area contributed by atoms with E-state index in [2.05, 4.69) is 10.2 Å². The fraction of sp³-hybridized carbons (Fsp3) is 0.190. The number of ether oxygens (including phenoxy) is 2. The fourth-order valence-corrected chi connectivity index (χ4v) is 3.61. The van der Waals surface area contributed by atoms with Crippen molar-refractivity contribution in [2.24, 2.45) is 0 Å². The van der Waals surface area contributed by atoms with Crippen LogP contribution in [0.2, 0.25) is 0 Å². The number of aromatic nitrogens is 3. The number of carboxylic acid groups (broad SMARTS) is 1. The number of carboxylic acids is 1. The highest BCUT2D eigenvalue weighted by Gasteiger charge is 2.17. The molecule has 1 aromatic heterocycles. The molecule has 2 aromatic carbocycles. The SMILES string of the molecule is CCn1c(S/C(=C/c2ccccc2)C(=O)[O-])nnc1-c1cc(OC)cc(OC)c1. The molecule has 3 rings (SSSR count). The van der Waals surface area contributed by atoms with Crippen LogP contribution in [-0.2, 0) is 11.3 Å². The van der Waals surface area contributed by atoms with Gasteiger partial charge in [0.25, 0.3) is 0 Å². The maximum absolute atomic E-state index is 11.7. The standard InChI is InChI=1S/C21H21N3O4S/c1-4-24-19(15-11-16(27-2)13-17(12-15)28-3)22-23-21(24)29-18(20(25)26)10-14-8-6-5-7-9-14/h5-13H,4H2,1-3H3,(H,25,26)/p-1/b18-10+. The number of rotatable bonds is 8. The van der Waals surface area contributed by atoms with E-state index in [9.17, 15) is 9.90 Å². The number of hydrogen-bond donors (Lipinski definition) is 0. The molecule has 0 bridgehead atoms. The van der Waals surface area contributed by atoms with Crippen molar-refractivity contribution in [3.05, 3.63) is 59.0 Å². The Bertz CT molecular complexity index is 1010. The topological polar surface area (TPSA) is 89.3 Å². The number of carbonyl (C=O) groups is 1. The summed E-state index contributed by atoms with van der Waals surface area (Å²) in [7, 11) is 3.15. The molecule has 0 atom stereocenters. The molecule has 0 unspecified atom stereocenters. The van der Waals surface area contributed by atoms with Crippen molar-refractivity contribution in [3.63, 3.8) is 0 Å². The first-order chi connectivity index (χ1) is 14.0. The Balaban J connectivity index is 1.99. The van der Waals surface area contributed by atoms with Crippen molar-refractivity contribution in [3.8, 4) is 22.9 Å². The molecular formula is C21H20N3O4S-. The third kappa shape index (κ3) is 4.78. The Kier molecular flexibility index (Phi) is 6.56. The highest BCUT2D eigenvalue weighted by Crippen LogP contribution is 2.33. The third-order valence-corrected chi connectivity index (χ3v) is 5.13. The van der Waals surface area contributed by atoms with Crippen molar-refractivity contribution in [1.82, 2.24) is 14.8 Å². The zero-order valence-corrected chi connectivity index (χ0v) is 17.1. The van der Waals surface area contributed by atoms with Crippen LogP contribution in [-0.4, -0.2) is 35.0 Å². The van der Waals surface area contributed by atoms with Crippen LogP contribution in [0.15, 0.2) is 58.6 Å². The number of nitrogens with zero attached hydrogens (tertiary/aromatic N) is 3. The first-order valence-electron chi connectivity index (χ1n) is 8.88. The van der Waals surface area contributed by atoms with Crippen molar-refractivity contribution in [1.29, 1.82) is 0 Å². The molecule has 150 valence electrons. The second-order valence-electron chi connectivity index (χ2n) is 5.96. The summed E-state index contributed by atoms with van der Waals surface area (Å²) in [4.78, 5) is 11.7. The molecular weight excluding hydrogens is 390 g/mol. The van der Waals surface area contributed by atoms with Gasteiger partial charge in [-0.3, -0.25) is 0 Å². The number of aliphatic carboxylic acids is 1. The van der Waals surface area contributed by atoms with Gasteiger partial charge in [0.1, 0.15) is 11.5 Å². The maximum atomic E-state index is 11.7. The zero-order valence-electron chi connectivity index (χ0n) is 16.3. The molecule has 8 heteroatoms. The number of methoxy groups -OCH3 is 2. The summed E-state index contributed by atoms with van der Waals surface area (Å²) in [5, 5.41) is 20.6. The molecule has 0 radical (unpaired) electrons. The van der Waals surface area contributed by atoms with Crippen LogP contribution in [0.5, 0.6) is 11.5 Å². The van der Waals surface area contributed by atoms with E-state index < -0.39 is 5.97 Å². The zero-order chi connectivity index (χ0) is 20.8. The minimum atomic E-state index is -1.27. The van der Waals surface area contributed by atoms with Crippen LogP contribution in [0.4, 0.5) is 0 Å². The van der Waals surface area contributed by atoms with Crippen LogP contribution in [0.25, 0.3) is 17.5 Å². The van der Waals surface area contributed by atoms with Crippen LogP contribution in [0.3, 0.4) is 0 Å². The second-order valence-corrected chi connectivity index (χ2v) is 6.97. The van der Waals surface area contributed by atoms with E-state index in [0.29, 0.717) is 29.0 Å². The highest BCUT2D eigenvalue weighted by atomic mass is 32.2. The van der Waals surface area contributed by atoms with Gasteiger partial charge in [0, 0.05) is 23.1 Å². The Morgan fingerprint density at radius 3 is 2.31 bits per heavy atom. The third-order valence-electron chi connectivity index (χ3n) is 4.14. The van der Waals surface area contributed by atoms with Gasteiger partial charge in [-0.1, -0.05) is 30.3 Å². The molecule has 0 saturated carbocycles. The lowest BCUT2D eigenvalue weighted by atomic mass is 10.2. The summed E-state index contributed by atoms with van der Waals surface area (Å²) in [6, 6.07) is 14.6. The summed E-state index contributed by atoms with van der Waals surface area (Å²) in [5.74, 6) is 0.566. The van der Waals surface area contributed by atoms with Gasteiger partial charge in [0.2, 0.25) is 0 Å². The molecule has 0 spiro atoms. The van der Waals surface area contributed by atoms with Crippen LogP contribution >= 0.6 is 11.8 Å². The van der Waals surface area contributed by atoms with Crippen LogP contribution < -0.4 is 14.6 Å². The van der Waals surface area contributed by atoms with Crippen molar-refractivity contribution < 1.29 is 19.4 Å². The number of thioether (sulfide) groups is 1. The predicted molar refractivity (Wildman–Crippen MR) is 110 cm³/mol. The fourth-order valence-electron chi connectivity index (χ4n) is 2.73. The van der Waals surface area contributed by atoms with Gasteiger partial charge >= 0.3 is 0 Å². The summed E-state index contributed by atoms with van der Waals surface area (Å²) in [6.07, 6.45) is 1.56. The monoisotopic (exact) mass is 410 g/mol. The van der Waals surface area contributed by atoms with Crippen LogP contribution in [0.1, 0.15) is 12.5 Å². The summed E-state index contributed by atoms with van der Waals surface area (Å²) >= 11 is 1.00. The lowest BCUT2D eigenvalue weighted by molar-refractivity contribution is -0.298. The molecule has 0 aliphatic rings. The summed E-state index contributed by atoms with van der Waals surface area (Å²) in [5.41, 5.74) is 1.52. The quantitative estimate of drug-likeness (QED) is 0.417. The van der Waals surface area contributed by atoms with Gasteiger partial charge < -0.3 is 23.9 Å². The Morgan fingerprint density at radius 1 is 1.10 bits per heavy atom. The molecule has 0 saturated heterocycles. The van der Waals surface area contributed by atoms with E-state index in [0.717, 1.165) is 22.9 Å². The summed E-state index contributed by atoms with van der Waals surface area (Å²) in [6.45, 7) is 2.49. The van der Waals surface area contributed by atoms with E-state index >= 15 is 0 Å². The van der Waals surface area contributed by atoms with Gasteiger partial charge in [-0.15, -0.1) is 10.2 Å². The van der Waals surface area contributed by atoms with Gasteiger partial charge in [-0.25, -0.2) is 0 Å². The van der Waals surface area contributed by atoms with Gasteiger partial charge in [0.15, 0.2) is 11.0 Å². The molecule has 0 N–H and O–H groups in total. The predicted octanol–water partition coefficient (Wildman–Crippen LogP) is 2.87. The second kappa shape index (κ2) is 9.29. The smallest absolute Gasteiger partial charge is 0.196 e. The number of hydrogen-bond acceptors (Lipinski definition) is 7. The van der Waals surface area contributed by atoms with Gasteiger partial charge in [-0.05, 0) is 42.5 Å². The van der Waals surface area contributed by atoms with Crippen LogP contribution in [0, 0.1) is 0 Å².